The topological polar surface area (TPSA) is 60.5 Å². The quantitative estimate of drug-likeness (QED) is 0.568. The predicted molar refractivity (Wildman–Crippen MR) is 69.8 cm³/mol. The van der Waals surface area contributed by atoms with Crippen molar-refractivity contribution in [3.8, 4) is 5.88 Å². The Morgan fingerprint density at radius 2 is 2.22 bits per heavy atom. The highest BCUT2D eigenvalue weighted by Crippen LogP contribution is 2.11. The van der Waals surface area contributed by atoms with Crippen molar-refractivity contribution < 1.29 is 14.3 Å². The Hall–Kier alpha value is -1.78. The van der Waals surface area contributed by atoms with Crippen LogP contribution in [0.25, 0.3) is 0 Å². The van der Waals surface area contributed by atoms with Gasteiger partial charge in [0.1, 0.15) is 6.54 Å². The molecule has 0 unspecified atom stereocenters. The van der Waals surface area contributed by atoms with Gasteiger partial charge in [-0.25, -0.2) is 4.98 Å². The third-order valence-corrected chi connectivity index (χ3v) is 2.23. The van der Waals surface area contributed by atoms with Gasteiger partial charge in [-0.15, -0.1) is 0 Å². The number of rotatable bonds is 8. The van der Waals surface area contributed by atoms with Crippen LogP contribution < -0.4 is 10.1 Å². The molecule has 0 aliphatic rings. The Morgan fingerprint density at radius 1 is 1.39 bits per heavy atom. The van der Waals surface area contributed by atoms with Crippen molar-refractivity contribution in [1.82, 2.24) is 4.98 Å². The second-order valence-electron chi connectivity index (χ2n) is 3.75. The molecule has 0 bridgehead atoms. The second kappa shape index (κ2) is 8.33. The van der Waals surface area contributed by atoms with Crippen LogP contribution in [-0.4, -0.2) is 30.7 Å². The first-order valence-electron chi connectivity index (χ1n) is 6.24. The van der Waals surface area contributed by atoms with Crippen LogP contribution in [0.4, 0.5) is 5.69 Å². The fourth-order valence-corrected chi connectivity index (χ4v) is 1.27. The summed E-state index contributed by atoms with van der Waals surface area (Å²) in [5.74, 6) is 0.325. The van der Waals surface area contributed by atoms with E-state index < -0.39 is 0 Å². The molecule has 1 N–H and O–H groups in total. The highest BCUT2D eigenvalue weighted by Gasteiger charge is 2.02. The Labute approximate surface area is 108 Å². The van der Waals surface area contributed by atoms with Gasteiger partial charge in [-0.05, 0) is 19.4 Å². The molecule has 0 atom stereocenters. The summed E-state index contributed by atoms with van der Waals surface area (Å²) in [7, 11) is 0. The number of pyridine rings is 1. The Balaban J connectivity index is 2.27. The first kappa shape index (κ1) is 14.3. The fraction of sp³-hybridized carbons (Fsp3) is 0.538. The summed E-state index contributed by atoms with van der Waals surface area (Å²) in [6.45, 7) is 5.18. The van der Waals surface area contributed by atoms with E-state index in [0.29, 0.717) is 19.1 Å². The minimum absolute atomic E-state index is 0.152. The van der Waals surface area contributed by atoms with Crippen molar-refractivity contribution in [3.05, 3.63) is 18.3 Å². The molecule has 0 spiro atoms. The van der Waals surface area contributed by atoms with E-state index in [1.54, 1.807) is 12.3 Å². The summed E-state index contributed by atoms with van der Waals surface area (Å²) >= 11 is 0. The zero-order chi connectivity index (χ0) is 13.2. The molecule has 0 saturated heterocycles. The Kier molecular flexibility index (Phi) is 6.61. The van der Waals surface area contributed by atoms with E-state index in [1.807, 2.05) is 13.0 Å². The van der Waals surface area contributed by atoms with Gasteiger partial charge in [0.05, 0.1) is 25.1 Å². The third kappa shape index (κ3) is 5.52. The predicted octanol–water partition coefficient (Wildman–Crippen LogP) is 2.24. The molecule has 0 aliphatic heterocycles. The molecule has 5 nitrogen and oxygen atoms in total. The molecule has 1 heterocycles. The number of nitrogens with one attached hydrogen (secondary N) is 1. The normalized spacial score (nSPS) is 9.89. The summed E-state index contributed by atoms with van der Waals surface area (Å²) < 4.78 is 10.2. The molecule has 5 heteroatoms. The number of aromatic nitrogens is 1. The number of hydrogen-bond donors (Lipinski definition) is 1. The van der Waals surface area contributed by atoms with E-state index in [-0.39, 0.29) is 12.5 Å². The van der Waals surface area contributed by atoms with Gasteiger partial charge in [0.2, 0.25) is 5.88 Å². The minimum atomic E-state index is -0.252. The summed E-state index contributed by atoms with van der Waals surface area (Å²) in [6, 6.07) is 3.57. The maximum atomic E-state index is 11.3. The van der Waals surface area contributed by atoms with Crippen LogP contribution >= 0.6 is 0 Å². The monoisotopic (exact) mass is 252 g/mol. The van der Waals surface area contributed by atoms with Gasteiger partial charge in [-0.2, -0.15) is 0 Å². The number of carbonyl (C=O) groups excluding carboxylic acids is 1. The van der Waals surface area contributed by atoms with E-state index in [4.69, 9.17) is 9.47 Å². The van der Waals surface area contributed by atoms with Crippen molar-refractivity contribution in [2.45, 2.75) is 26.7 Å². The van der Waals surface area contributed by atoms with Crippen LogP contribution in [-0.2, 0) is 9.53 Å². The van der Waals surface area contributed by atoms with Crippen molar-refractivity contribution in [1.29, 1.82) is 0 Å². The van der Waals surface area contributed by atoms with Crippen molar-refractivity contribution in [2.75, 3.05) is 25.1 Å². The lowest BCUT2D eigenvalue weighted by Crippen LogP contribution is -2.17. The summed E-state index contributed by atoms with van der Waals surface area (Å²) in [5, 5.41) is 2.95. The molecular weight excluding hydrogens is 232 g/mol. The smallest absolute Gasteiger partial charge is 0.325 e. The number of unbranched alkanes of at least 4 members (excludes halogenated alkanes) is 1. The summed E-state index contributed by atoms with van der Waals surface area (Å²) in [6.07, 6.45) is 3.55. The molecule has 0 aliphatic carbocycles. The molecule has 1 rings (SSSR count). The molecule has 0 amide bonds. The lowest BCUT2D eigenvalue weighted by atomic mass is 10.4. The van der Waals surface area contributed by atoms with E-state index in [9.17, 15) is 4.79 Å². The molecule has 0 aromatic carbocycles. The number of esters is 1. The second-order valence-corrected chi connectivity index (χ2v) is 3.75. The van der Waals surface area contributed by atoms with Gasteiger partial charge in [-0.3, -0.25) is 4.79 Å². The highest BCUT2D eigenvalue weighted by molar-refractivity contribution is 5.74. The van der Waals surface area contributed by atoms with Gasteiger partial charge in [0.25, 0.3) is 0 Å². The lowest BCUT2D eigenvalue weighted by Gasteiger charge is -2.07. The van der Waals surface area contributed by atoms with Crippen LogP contribution in [0.1, 0.15) is 26.7 Å². The average Bonchev–Trinajstić information content (AvgIpc) is 2.39. The van der Waals surface area contributed by atoms with Crippen LogP contribution in [0.15, 0.2) is 18.3 Å². The van der Waals surface area contributed by atoms with Crippen LogP contribution in [0.3, 0.4) is 0 Å². The van der Waals surface area contributed by atoms with E-state index in [2.05, 4.69) is 17.2 Å². The van der Waals surface area contributed by atoms with E-state index in [1.165, 1.54) is 0 Å². The largest absolute Gasteiger partial charge is 0.478 e. The molecule has 1 aromatic rings. The Bertz CT molecular complexity index is 352. The van der Waals surface area contributed by atoms with Crippen LogP contribution in [0, 0.1) is 0 Å². The molecule has 100 valence electrons. The molecule has 18 heavy (non-hydrogen) atoms. The maximum Gasteiger partial charge on any atom is 0.325 e. The molecule has 0 saturated carbocycles. The van der Waals surface area contributed by atoms with Crippen molar-refractivity contribution >= 4 is 11.7 Å². The zero-order valence-corrected chi connectivity index (χ0v) is 10.9. The standard InChI is InChI=1S/C13H20N2O3/c1-3-5-8-18-13(16)10-14-11-6-7-12(15-9-11)17-4-2/h6-7,9,14H,3-5,8,10H2,1-2H3. The molecule has 0 fully saturated rings. The van der Waals surface area contributed by atoms with Crippen molar-refractivity contribution in [3.63, 3.8) is 0 Å². The van der Waals surface area contributed by atoms with Crippen molar-refractivity contribution in [2.24, 2.45) is 0 Å². The molecular formula is C13H20N2O3. The molecule has 0 radical (unpaired) electrons. The van der Waals surface area contributed by atoms with E-state index >= 15 is 0 Å². The Morgan fingerprint density at radius 3 is 2.83 bits per heavy atom. The van der Waals surface area contributed by atoms with Gasteiger partial charge in [0, 0.05) is 6.07 Å². The fourth-order valence-electron chi connectivity index (χ4n) is 1.27. The number of anilines is 1. The van der Waals surface area contributed by atoms with Gasteiger partial charge in [0.15, 0.2) is 0 Å². The average molecular weight is 252 g/mol. The SMILES string of the molecule is CCCCOC(=O)CNc1ccc(OCC)nc1. The number of ether oxygens (including phenoxy) is 2. The van der Waals surface area contributed by atoms with Crippen LogP contribution in [0.5, 0.6) is 5.88 Å². The zero-order valence-electron chi connectivity index (χ0n) is 10.9. The number of nitrogens with zero attached hydrogens (tertiary/aromatic N) is 1. The highest BCUT2D eigenvalue weighted by atomic mass is 16.5. The molecule has 1 aromatic heterocycles. The number of carbonyl (C=O) groups is 1. The summed E-state index contributed by atoms with van der Waals surface area (Å²) in [4.78, 5) is 15.4. The first-order chi connectivity index (χ1) is 8.76. The van der Waals surface area contributed by atoms with Crippen LogP contribution in [0.2, 0.25) is 0 Å². The first-order valence-corrected chi connectivity index (χ1v) is 6.24. The minimum Gasteiger partial charge on any atom is -0.478 e. The lowest BCUT2D eigenvalue weighted by molar-refractivity contribution is -0.141. The van der Waals surface area contributed by atoms with E-state index in [0.717, 1.165) is 18.5 Å². The van der Waals surface area contributed by atoms with Gasteiger partial charge in [-0.1, -0.05) is 13.3 Å². The maximum absolute atomic E-state index is 11.3. The van der Waals surface area contributed by atoms with Gasteiger partial charge < -0.3 is 14.8 Å². The van der Waals surface area contributed by atoms with Gasteiger partial charge >= 0.3 is 5.97 Å². The number of hydrogen-bond acceptors (Lipinski definition) is 5. The summed E-state index contributed by atoms with van der Waals surface area (Å²) in [5.41, 5.74) is 0.769. The third-order valence-electron chi connectivity index (χ3n) is 2.23.